The van der Waals surface area contributed by atoms with Gasteiger partial charge in [0.15, 0.2) is 0 Å². The van der Waals surface area contributed by atoms with E-state index in [4.69, 9.17) is 0 Å². The van der Waals surface area contributed by atoms with Crippen molar-refractivity contribution < 1.29 is 13.2 Å². The summed E-state index contributed by atoms with van der Waals surface area (Å²) in [5.74, 6) is 0. The van der Waals surface area contributed by atoms with Crippen LogP contribution in [0.15, 0.2) is 12.5 Å². The molecule has 1 saturated heterocycles. The molecular weight excluding hydrogens is 231 g/mol. The second-order valence-corrected chi connectivity index (χ2v) is 4.87. The lowest BCUT2D eigenvalue weighted by molar-refractivity contribution is -0.180. The highest BCUT2D eigenvalue weighted by atomic mass is 19.4. The average Bonchev–Trinajstić information content (AvgIpc) is 2.76. The molecule has 1 aromatic rings. The van der Waals surface area contributed by atoms with Crippen molar-refractivity contribution in [3.05, 3.63) is 18.2 Å². The molecule has 6 heteroatoms. The molecule has 2 fully saturated rings. The zero-order valence-corrected chi connectivity index (χ0v) is 9.30. The Kier molecular flexibility index (Phi) is 2.26. The SMILES string of the molecule is FC(F)(F)C1(n2cncc2C2CCCN2)CC1. The molecule has 1 aliphatic heterocycles. The first-order chi connectivity index (χ1) is 8.05. The molecule has 17 heavy (non-hydrogen) atoms. The first-order valence-corrected chi connectivity index (χ1v) is 5.87. The van der Waals surface area contributed by atoms with Crippen molar-refractivity contribution in [3.8, 4) is 0 Å². The maximum absolute atomic E-state index is 13.1. The number of aromatic nitrogens is 2. The Morgan fingerprint density at radius 3 is 2.71 bits per heavy atom. The molecule has 0 spiro atoms. The van der Waals surface area contributed by atoms with E-state index in [0.717, 1.165) is 19.4 Å². The van der Waals surface area contributed by atoms with Gasteiger partial charge in [-0.05, 0) is 32.2 Å². The number of hydrogen-bond donors (Lipinski definition) is 1. The summed E-state index contributed by atoms with van der Waals surface area (Å²) in [5, 5.41) is 3.22. The molecule has 2 heterocycles. The van der Waals surface area contributed by atoms with Crippen molar-refractivity contribution >= 4 is 0 Å². The Labute approximate surface area is 97.0 Å². The number of hydrogen-bond acceptors (Lipinski definition) is 2. The Bertz CT molecular complexity index is 414. The minimum absolute atomic E-state index is 0.0253. The summed E-state index contributed by atoms with van der Waals surface area (Å²) in [6, 6.07) is 0.0253. The van der Waals surface area contributed by atoms with Gasteiger partial charge in [0.25, 0.3) is 0 Å². The zero-order valence-electron chi connectivity index (χ0n) is 9.30. The highest BCUT2D eigenvalue weighted by molar-refractivity contribution is 5.17. The quantitative estimate of drug-likeness (QED) is 0.866. The van der Waals surface area contributed by atoms with E-state index in [9.17, 15) is 13.2 Å². The largest absolute Gasteiger partial charge is 0.411 e. The van der Waals surface area contributed by atoms with Crippen LogP contribution in [0.2, 0.25) is 0 Å². The fourth-order valence-corrected chi connectivity index (χ4v) is 2.64. The van der Waals surface area contributed by atoms with E-state index in [1.165, 1.54) is 10.9 Å². The van der Waals surface area contributed by atoms with Gasteiger partial charge in [-0.1, -0.05) is 0 Å². The zero-order chi connectivity index (χ0) is 12.1. The number of nitrogens with zero attached hydrogens (tertiary/aromatic N) is 2. The fourth-order valence-electron chi connectivity index (χ4n) is 2.64. The van der Waals surface area contributed by atoms with Crippen LogP contribution in [0.25, 0.3) is 0 Å². The van der Waals surface area contributed by atoms with Gasteiger partial charge in [0, 0.05) is 12.2 Å². The van der Waals surface area contributed by atoms with Crippen LogP contribution >= 0.6 is 0 Å². The number of halogens is 3. The Morgan fingerprint density at radius 2 is 2.18 bits per heavy atom. The Balaban J connectivity index is 1.96. The van der Waals surface area contributed by atoms with Crippen molar-refractivity contribution in [2.24, 2.45) is 0 Å². The summed E-state index contributed by atoms with van der Waals surface area (Å²) in [4.78, 5) is 3.91. The van der Waals surface area contributed by atoms with E-state index in [0.29, 0.717) is 5.69 Å². The molecule has 0 radical (unpaired) electrons. The predicted molar refractivity (Wildman–Crippen MR) is 55.5 cm³/mol. The van der Waals surface area contributed by atoms with Crippen LogP contribution < -0.4 is 5.32 Å². The van der Waals surface area contributed by atoms with Crippen LogP contribution in [0.5, 0.6) is 0 Å². The molecule has 0 bridgehead atoms. The van der Waals surface area contributed by atoms with Gasteiger partial charge < -0.3 is 9.88 Å². The van der Waals surface area contributed by atoms with Gasteiger partial charge in [0.1, 0.15) is 5.54 Å². The standard InChI is InChI=1S/C11H14F3N3/c12-11(13,14)10(3-4-10)17-7-15-6-9(17)8-2-1-5-16-8/h6-8,16H,1-5H2. The summed E-state index contributed by atoms with van der Waals surface area (Å²) >= 11 is 0. The molecular formula is C11H14F3N3. The maximum atomic E-state index is 13.1. The lowest BCUT2D eigenvalue weighted by Gasteiger charge is -2.25. The summed E-state index contributed by atoms with van der Waals surface area (Å²) < 4.78 is 40.5. The van der Waals surface area contributed by atoms with Gasteiger partial charge in [-0.25, -0.2) is 4.98 Å². The Morgan fingerprint density at radius 1 is 1.41 bits per heavy atom. The van der Waals surface area contributed by atoms with Crippen LogP contribution in [-0.4, -0.2) is 22.3 Å². The maximum Gasteiger partial charge on any atom is 0.411 e. The van der Waals surface area contributed by atoms with Gasteiger partial charge in [0.05, 0.1) is 12.0 Å². The third kappa shape index (κ3) is 1.57. The monoisotopic (exact) mass is 245 g/mol. The van der Waals surface area contributed by atoms with E-state index >= 15 is 0 Å². The van der Waals surface area contributed by atoms with Crippen molar-refractivity contribution in [2.45, 2.75) is 43.4 Å². The second kappa shape index (κ2) is 3.48. The predicted octanol–water partition coefficient (Wildman–Crippen LogP) is 2.36. The molecule has 1 unspecified atom stereocenters. The summed E-state index contributed by atoms with van der Waals surface area (Å²) in [7, 11) is 0. The van der Waals surface area contributed by atoms with Crippen LogP contribution in [0.3, 0.4) is 0 Å². The van der Waals surface area contributed by atoms with E-state index in [-0.39, 0.29) is 18.9 Å². The van der Waals surface area contributed by atoms with E-state index < -0.39 is 11.7 Å². The highest BCUT2D eigenvalue weighted by Crippen LogP contribution is 2.56. The van der Waals surface area contributed by atoms with Gasteiger partial charge in [0.2, 0.25) is 0 Å². The normalized spacial score (nSPS) is 27.4. The van der Waals surface area contributed by atoms with Gasteiger partial charge in [-0.2, -0.15) is 13.2 Å². The topological polar surface area (TPSA) is 29.9 Å². The minimum Gasteiger partial charge on any atom is -0.318 e. The van der Waals surface area contributed by atoms with Crippen molar-refractivity contribution in [1.82, 2.24) is 14.9 Å². The molecule has 0 amide bonds. The molecule has 1 aromatic heterocycles. The molecule has 1 saturated carbocycles. The molecule has 0 aromatic carbocycles. The summed E-state index contributed by atoms with van der Waals surface area (Å²) in [6.45, 7) is 0.870. The lowest BCUT2D eigenvalue weighted by Crippen LogP contribution is -2.36. The number of rotatable bonds is 2. The van der Waals surface area contributed by atoms with E-state index in [2.05, 4.69) is 10.3 Å². The Hall–Kier alpha value is -1.04. The van der Waals surface area contributed by atoms with E-state index in [1.54, 1.807) is 6.20 Å². The minimum atomic E-state index is -4.18. The van der Waals surface area contributed by atoms with Crippen LogP contribution in [0.1, 0.15) is 37.4 Å². The smallest absolute Gasteiger partial charge is 0.318 e. The molecule has 1 aliphatic carbocycles. The summed E-state index contributed by atoms with van der Waals surface area (Å²) in [6.07, 6.45) is 0.958. The number of nitrogens with one attached hydrogen (secondary N) is 1. The van der Waals surface area contributed by atoms with E-state index in [1.807, 2.05) is 0 Å². The van der Waals surface area contributed by atoms with Gasteiger partial charge >= 0.3 is 6.18 Å². The van der Waals surface area contributed by atoms with Gasteiger partial charge in [-0.3, -0.25) is 0 Å². The molecule has 1 atom stereocenters. The molecule has 3 nitrogen and oxygen atoms in total. The van der Waals surface area contributed by atoms with Crippen molar-refractivity contribution in [3.63, 3.8) is 0 Å². The average molecular weight is 245 g/mol. The molecule has 2 aliphatic rings. The van der Waals surface area contributed by atoms with Crippen LogP contribution in [0, 0.1) is 0 Å². The van der Waals surface area contributed by atoms with Crippen molar-refractivity contribution in [2.75, 3.05) is 6.54 Å². The highest BCUT2D eigenvalue weighted by Gasteiger charge is 2.65. The van der Waals surface area contributed by atoms with Crippen LogP contribution in [0.4, 0.5) is 13.2 Å². The third-order valence-corrected chi connectivity index (χ3v) is 3.80. The molecule has 94 valence electrons. The molecule has 3 rings (SSSR count). The van der Waals surface area contributed by atoms with Gasteiger partial charge in [-0.15, -0.1) is 0 Å². The number of alkyl halides is 3. The number of imidazole rings is 1. The first-order valence-electron chi connectivity index (χ1n) is 5.87. The second-order valence-electron chi connectivity index (χ2n) is 4.87. The lowest BCUT2D eigenvalue weighted by atomic mass is 10.1. The van der Waals surface area contributed by atoms with Crippen LogP contribution in [-0.2, 0) is 5.54 Å². The fraction of sp³-hybridized carbons (Fsp3) is 0.727. The van der Waals surface area contributed by atoms with Crippen molar-refractivity contribution in [1.29, 1.82) is 0 Å². The summed E-state index contributed by atoms with van der Waals surface area (Å²) in [5.41, 5.74) is -0.999. The first kappa shape index (κ1) is 11.1. The third-order valence-electron chi connectivity index (χ3n) is 3.80. The molecule has 1 N–H and O–H groups in total.